The molecule has 4 rings (SSSR count). The second-order valence-corrected chi connectivity index (χ2v) is 6.28. The van der Waals surface area contributed by atoms with E-state index in [-0.39, 0.29) is 0 Å². The Balaban J connectivity index is 1.51. The van der Waals surface area contributed by atoms with E-state index in [0.29, 0.717) is 18.9 Å². The van der Waals surface area contributed by atoms with Crippen molar-refractivity contribution in [2.75, 3.05) is 11.4 Å². The van der Waals surface area contributed by atoms with Gasteiger partial charge in [0, 0.05) is 18.3 Å². The molecule has 2 unspecified atom stereocenters. The van der Waals surface area contributed by atoms with Crippen molar-refractivity contribution in [2.24, 2.45) is 0 Å². The minimum Gasteiger partial charge on any atom is -0.480 e. The van der Waals surface area contributed by atoms with Crippen LogP contribution in [0.2, 0.25) is 0 Å². The summed E-state index contributed by atoms with van der Waals surface area (Å²) in [6.07, 6.45) is 3.30. The van der Waals surface area contributed by atoms with Crippen molar-refractivity contribution in [3.63, 3.8) is 0 Å². The minimum atomic E-state index is -1.00. The molecular formula is C20H18N2O4. The van der Waals surface area contributed by atoms with Gasteiger partial charge in [-0.25, -0.2) is 9.78 Å². The van der Waals surface area contributed by atoms with Crippen LogP contribution >= 0.6 is 0 Å². The molecule has 2 atom stereocenters. The van der Waals surface area contributed by atoms with Crippen molar-refractivity contribution >= 4 is 34.9 Å². The molecule has 0 saturated carbocycles. The molecule has 6 nitrogen and oxygen atoms in total. The third-order valence-electron chi connectivity index (χ3n) is 4.57. The van der Waals surface area contributed by atoms with Crippen LogP contribution in [0.3, 0.4) is 0 Å². The third kappa shape index (κ3) is 3.07. The second-order valence-electron chi connectivity index (χ2n) is 6.28. The lowest BCUT2D eigenvalue weighted by Gasteiger charge is -2.24. The van der Waals surface area contributed by atoms with Crippen molar-refractivity contribution in [3.8, 4) is 0 Å². The van der Waals surface area contributed by atoms with E-state index in [0.717, 1.165) is 22.4 Å². The summed E-state index contributed by atoms with van der Waals surface area (Å²) in [6, 6.07) is 14.2. The zero-order valence-electron chi connectivity index (χ0n) is 13.9. The number of nitrogens with zero attached hydrogens (tertiary/aromatic N) is 2. The Hall–Kier alpha value is -3.12. The molecule has 0 spiro atoms. The van der Waals surface area contributed by atoms with Crippen LogP contribution in [0.15, 0.2) is 52.9 Å². The van der Waals surface area contributed by atoms with E-state index in [4.69, 9.17) is 4.42 Å². The van der Waals surface area contributed by atoms with Crippen molar-refractivity contribution in [1.82, 2.24) is 4.98 Å². The predicted molar refractivity (Wildman–Crippen MR) is 98.8 cm³/mol. The average Bonchev–Trinajstić information content (AvgIpc) is 3.23. The molecule has 0 radical (unpaired) electrons. The maximum absolute atomic E-state index is 11.4. The first-order valence-corrected chi connectivity index (χ1v) is 8.43. The van der Waals surface area contributed by atoms with Crippen LogP contribution in [0.4, 0.5) is 5.69 Å². The van der Waals surface area contributed by atoms with Gasteiger partial charge in [0.25, 0.3) is 0 Å². The number of hydrogen-bond donors (Lipinski definition) is 2. The molecule has 1 saturated heterocycles. The van der Waals surface area contributed by atoms with Crippen LogP contribution in [0.5, 0.6) is 0 Å². The highest BCUT2D eigenvalue weighted by molar-refractivity contribution is 5.80. The van der Waals surface area contributed by atoms with Gasteiger partial charge in [-0.2, -0.15) is 0 Å². The molecule has 1 aromatic heterocycles. The molecule has 0 bridgehead atoms. The number of fused-ring (bicyclic) bond motifs is 1. The molecule has 0 aliphatic carbocycles. The van der Waals surface area contributed by atoms with Crippen LogP contribution in [0.25, 0.3) is 23.3 Å². The van der Waals surface area contributed by atoms with Gasteiger partial charge in [0.05, 0.1) is 6.10 Å². The van der Waals surface area contributed by atoms with E-state index in [1.54, 1.807) is 11.0 Å². The van der Waals surface area contributed by atoms with Gasteiger partial charge in [-0.05, 0) is 42.3 Å². The number of carboxylic acids is 1. The molecule has 2 aromatic carbocycles. The lowest BCUT2D eigenvalue weighted by atomic mass is 10.1. The summed E-state index contributed by atoms with van der Waals surface area (Å²) in [5, 5.41) is 19.2. The standard InChI is InChI=1S/C20H18N2O4/c23-16-11-12-22(19(16)20(24)25)14-8-5-13(6-9-14)7-10-18-21-15-3-1-2-4-17(15)26-18/h1-10,16,19,23H,11-12H2,(H,24,25)/b10-7+. The summed E-state index contributed by atoms with van der Waals surface area (Å²) in [7, 11) is 0. The average molecular weight is 350 g/mol. The number of aliphatic hydroxyl groups is 1. The summed E-state index contributed by atoms with van der Waals surface area (Å²) >= 11 is 0. The highest BCUT2D eigenvalue weighted by Gasteiger charge is 2.38. The lowest BCUT2D eigenvalue weighted by Crippen LogP contribution is -2.41. The third-order valence-corrected chi connectivity index (χ3v) is 4.57. The van der Waals surface area contributed by atoms with Gasteiger partial charge in [0.1, 0.15) is 5.52 Å². The van der Waals surface area contributed by atoms with Gasteiger partial charge >= 0.3 is 5.97 Å². The molecule has 1 aliphatic heterocycles. The molecule has 1 aliphatic rings. The Morgan fingerprint density at radius 1 is 1.15 bits per heavy atom. The van der Waals surface area contributed by atoms with E-state index in [9.17, 15) is 15.0 Å². The lowest BCUT2D eigenvalue weighted by molar-refractivity contribution is -0.140. The zero-order chi connectivity index (χ0) is 18.1. The van der Waals surface area contributed by atoms with Crippen molar-refractivity contribution in [2.45, 2.75) is 18.6 Å². The fourth-order valence-corrected chi connectivity index (χ4v) is 3.27. The van der Waals surface area contributed by atoms with Crippen molar-refractivity contribution in [1.29, 1.82) is 0 Å². The first-order valence-electron chi connectivity index (χ1n) is 8.43. The van der Waals surface area contributed by atoms with E-state index >= 15 is 0 Å². The number of oxazole rings is 1. The predicted octanol–water partition coefficient (Wildman–Crippen LogP) is 3.02. The number of aliphatic hydroxyl groups excluding tert-OH is 1. The molecule has 6 heteroatoms. The number of para-hydroxylation sites is 2. The molecule has 1 fully saturated rings. The normalized spacial score (nSPS) is 20.3. The van der Waals surface area contributed by atoms with E-state index in [1.165, 1.54) is 0 Å². The van der Waals surface area contributed by atoms with Crippen LogP contribution in [0, 0.1) is 0 Å². The maximum atomic E-state index is 11.4. The van der Waals surface area contributed by atoms with Gasteiger partial charge in [-0.3, -0.25) is 0 Å². The maximum Gasteiger partial charge on any atom is 0.329 e. The smallest absolute Gasteiger partial charge is 0.329 e. The van der Waals surface area contributed by atoms with Crippen molar-refractivity contribution in [3.05, 3.63) is 60.0 Å². The Morgan fingerprint density at radius 2 is 1.92 bits per heavy atom. The fourth-order valence-electron chi connectivity index (χ4n) is 3.27. The van der Waals surface area contributed by atoms with E-state index in [2.05, 4.69) is 4.98 Å². The monoisotopic (exact) mass is 350 g/mol. The number of aromatic nitrogens is 1. The van der Waals surface area contributed by atoms with Gasteiger partial charge < -0.3 is 19.5 Å². The Kier molecular flexibility index (Phi) is 4.18. The molecule has 2 N–H and O–H groups in total. The van der Waals surface area contributed by atoms with E-state index in [1.807, 2.05) is 54.6 Å². The highest BCUT2D eigenvalue weighted by Crippen LogP contribution is 2.27. The van der Waals surface area contributed by atoms with Gasteiger partial charge in [0.2, 0.25) is 5.89 Å². The van der Waals surface area contributed by atoms with Gasteiger partial charge in [-0.1, -0.05) is 24.3 Å². The quantitative estimate of drug-likeness (QED) is 0.752. The first-order chi connectivity index (χ1) is 12.6. The summed E-state index contributed by atoms with van der Waals surface area (Å²) in [5.41, 5.74) is 3.29. The number of rotatable bonds is 4. The Labute approximate surface area is 150 Å². The molecule has 0 amide bonds. The van der Waals surface area contributed by atoms with Gasteiger partial charge in [-0.15, -0.1) is 0 Å². The molecule has 2 heterocycles. The number of carboxylic acid groups (broad SMARTS) is 1. The Morgan fingerprint density at radius 3 is 2.65 bits per heavy atom. The van der Waals surface area contributed by atoms with Crippen molar-refractivity contribution < 1.29 is 19.4 Å². The largest absolute Gasteiger partial charge is 0.480 e. The number of anilines is 1. The number of benzene rings is 2. The first kappa shape index (κ1) is 16.4. The van der Waals surface area contributed by atoms with Crippen LogP contribution in [-0.4, -0.2) is 39.9 Å². The van der Waals surface area contributed by atoms with E-state index < -0.39 is 18.1 Å². The molecule has 3 aromatic rings. The topological polar surface area (TPSA) is 86.8 Å². The van der Waals surface area contributed by atoms with Crippen LogP contribution < -0.4 is 4.90 Å². The van der Waals surface area contributed by atoms with Gasteiger partial charge in [0.15, 0.2) is 11.6 Å². The zero-order valence-corrected chi connectivity index (χ0v) is 13.9. The number of aliphatic carboxylic acids is 1. The van der Waals surface area contributed by atoms with Crippen LogP contribution in [0.1, 0.15) is 17.9 Å². The summed E-state index contributed by atoms with van der Waals surface area (Å²) in [6.45, 7) is 0.524. The highest BCUT2D eigenvalue weighted by atomic mass is 16.4. The Bertz CT molecular complexity index is 928. The SMILES string of the molecule is O=C(O)C1C(O)CCN1c1ccc(/C=C/c2nc3ccccc3o2)cc1. The minimum absolute atomic E-state index is 0.455. The summed E-state index contributed by atoms with van der Waals surface area (Å²) in [5.74, 6) is -0.473. The summed E-state index contributed by atoms with van der Waals surface area (Å²) < 4.78 is 5.65. The number of hydrogen-bond acceptors (Lipinski definition) is 5. The second kappa shape index (κ2) is 6.65. The molecule has 132 valence electrons. The number of carbonyl (C=O) groups is 1. The summed E-state index contributed by atoms with van der Waals surface area (Å²) in [4.78, 5) is 17.5. The fraction of sp³-hybridized carbons (Fsp3) is 0.200. The molecular weight excluding hydrogens is 332 g/mol. The van der Waals surface area contributed by atoms with Crippen LogP contribution in [-0.2, 0) is 4.79 Å². The molecule has 26 heavy (non-hydrogen) atoms.